The lowest BCUT2D eigenvalue weighted by molar-refractivity contribution is -0.153. The van der Waals surface area contributed by atoms with Crippen molar-refractivity contribution in [2.24, 2.45) is 0 Å². The average Bonchev–Trinajstić information content (AvgIpc) is 2.74. The van der Waals surface area contributed by atoms with Crippen molar-refractivity contribution < 1.29 is 38.7 Å². The highest BCUT2D eigenvalue weighted by molar-refractivity contribution is 5.85. The van der Waals surface area contributed by atoms with Gasteiger partial charge in [0.25, 0.3) is 0 Å². The first kappa shape index (κ1) is 27.9. The Morgan fingerprint density at radius 1 is 0.971 bits per heavy atom. The van der Waals surface area contributed by atoms with E-state index in [1.54, 1.807) is 83.1 Å². The van der Waals surface area contributed by atoms with Crippen molar-refractivity contribution in [3.8, 4) is 11.5 Å². The number of carbonyl (C=O) groups is 2. The van der Waals surface area contributed by atoms with Crippen molar-refractivity contribution in [2.45, 2.75) is 65.0 Å². The predicted octanol–water partition coefficient (Wildman–Crippen LogP) is 4.27. The number of benzene rings is 2. The summed E-state index contributed by atoms with van der Waals surface area (Å²) in [5.41, 5.74) is 0.637. The molecular weight excluding hydrogens is 454 g/mol. The molecule has 0 bridgehead atoms. The first-order valence-electron chi connectivity index (χ1n) is 11.4. The van der Waals surface area contributed by atoms with Gasteiger partial charge in [0.1, 0.15) is 36.4 Å². The number of hydrogen-bond donors (Lipinski definition) is 3. The molecule has 3 N–H and O–H groups in total. The molecule has 35 heavy (non-hydrogen) atoms. The largest absolute Gasteiger partial charge is 0.491 e. The van der Waals surface area contributed by atoms with E-state index in [-0.39, 0.29) is 25.7 Å². The minimum absolute atomic E-state index is 0.0237. The normalized spacial score (nSPS) is 13.1. The van der Waals surface area contributed by atoms with Crippen LogP contribution in [-0.2, 0) is 20.7 Å². The summed E-state index contributed by atoms with van der Waals surface area (Å²) >= 11 is 0. The predicted molar refractivity (Wildman–Crippen MR) is 131 cm³/mol. The van der Waals surface area contributed by atoms with Gasteiger partial charge in [-0.15, -0.1) is 0 Å². The Morgan fingerprint density at radius 2 is 1.57 bits per heavy atom. The van der Waals surface area contributed by atoms with E-state index in [1.807, 2.05) is 0 Å². The number of rotatable bonds is 12. The van der Waals surface area contributed by atoms with E-state index < -0.39 is 29.9 Å². The van der Waals surface area contributed by atoms with Gasteiger partial charge in [-0.3, -0.25) is 5.32 Å². The van der Waals surface area contributed by atoms with E-state index in [2.05, 4.69) is 5.32 Å². The number of ether oxygens (including phenoxy) is 4. The van der Waals surface area contributed by atoms with Crippen LogP contribution in [0.25, 0.3) is 0 Å². The zero-order chi connectivity index (χ0) is 26.0. The van der Waals surface area contributed by atoms with Crippen LogP contribution in [0.15, 0.2) is 48.5 Å². The molecule has 0 aromatic heterocycles. The zero-order valence-electron chi connectivity index (χ0n) is 20.8. The number of carbonyl (C=O) groups excluding carboxylic acids is 1. The van der Waals surface area contributed by atoms with Crippen LogP contribution >= 0.6 is 0 Å². The molecule has 1 amide bonds. The van der Waals surface area contributed by atoms with Crippen LogP contribution in [0.1, 0.15) is 40.2 Å². The molecule has 0 aliphatic rings. The molecule has 2 unspecified atom stereocenters. The molecule has 0 heterocycles. The van der Waals surface area contributed by atoms with Gasteiger partial charge in [-0.05, 0) is 64.4 Å². The first-order chi connectivity index (χ1) is 16.4. The van der Waals surface area contributed by atoms with Gasteiger partial charge >= 0.3 is 12.1 Å². The molecule has 0 aliphatic carbocycles. The standard InChI is InChI=1S/C26H35NO8/c1-17(2)34-23(24(29)30)13-18-8-6-10-21(12-18)32-15-20(28)16-33-22-11-7-9-19(14-22)27-25(31)35-26(3,4)5/h6-12,14,17,20,23,28H,13,15-16H2,1-5H3,(H,27,31)(H,29,30). The lowest BCUT2D eigenvalue weighted by Crippen LogP contribution is -2.29. The topological polar surface area (TPSA) is 124 Å². The number of carboxylic acid groups (broad SMARTS) is 1. The van der Waals surface area contributed by atoms with Gasteiger partial charge < -0.3 is 29.2 Å². The SMILES string of the molecule is CC(C)OC(Cc1cccc(OCC(O)COc2cccc(NC(=O)OC(C)(C)C)c2)c1)C(=O)O. The van der Waals surface area contributed by atoms with Crippen molar-refractivity contribution in [1.29, 1.82) is 0 Å². The van der Waals surface area contributed by atoms with E-state index >= 15 is 0 Å². The summed E-state index contributed by atoms with van der Waals surface area (Å²) < 4.78 is 21.9. The summed E-state index contributed by atoms with van der Waals surface area (Å²) in [4.78, 5) is 23.3. The van der Waals surface area contributed by atoms with Crippen molar-refractivity contribution in [3.63, 3.8) is 0 Å². The number of nitrogens with one attached hydrogen (secondary N) is 1. The third kappa shape index (κ3) is 11.1. The van der Waals surface area contributed by atoms with Crippen molar-refractivity contribution >= 4 is 17.7 Å². The molecule has 2 aromatic rings. The van der Waals surface area contributed by atoms with Crippen LogP contribution in [0.4, 0.5) is 10.5 Å². The van der Waals surface area contributed by atoms with Crippen LogP contribution < -0.4 is 14.8 Å². The van der Waals surface area contributed by atoms with E-state index in [0.717, 1.165) is 5.56 Å². The Bertz CT molecular complexity index is 970. The van der Waals surface area contributed by atoms with Gasteiger partial charge in [-0.25, -0.2) is 9.59 Å². The lowest BCUT2D eigenvalue weighted by Gasteiger charge is -2.20. The Morgan fingerprint density at radius 3 is 2.14 bits per heavy atom. The summed E-state index contributed by atoms with van der Waals surface area (Å²) in [6.07, 6.45) is -2.46. The fourth-order valence-corrected chi connectivity index (χ4v) is 3.02. The zero-order valence-corrected chi connectivity index (χ0v) is 20.8. The minimum Gasteiger partial charge on any atom is -0.491 e. The molecule has 0 radical (unpaired) electrons. The number of aliphatic hydroxyl groups is 1. The highest BCUT2D eigenvalue weighted by Crippen LogP contribution is 2.20. The maximum Gasteiger partial charge on any atom is 0.412 e. The molecule has 0 spiro atoms. The monoisotopic (exact) mass is 489 g/mol. The van der Waals surface area contributed by atoms with Gasteiger partial charge in [-0.2, -0.15) is 0 Å². The highest BCUT2D eigenvalue weighted by Gasteiger charge is 2.20. The molecular formula is C26H35NO8. The first-order valence-corrected chi connectivity index (χ1v) is 11.4. The Kier molecular flexibility index (Phi) is 10.4. The minimum atomic E-state index is -1.03. The maximum absolute atomic E-state index is 11.9. The van der Waals surface area contributed by atoms with E-state index in [4.69, 9.17) is 18.9 Å². The number of hydrogen-bond acceptors (Lipinski definition) is 7. The number of anilines is 1. The lowest BCUT2D eigenvalue weighted by atomic mass is 10.1. The highest BCUT2D eigenvalue weighted by atomic mass is 16.6. The van der Waals surface area contributed by atoms with Crippen molar-refractivity contribution in [3.05, 3.63) is 54.1 Å². The molecule has 2 aromatic carbocycles. The molecule has 2 rings (SSSR count). The molecule has 9 heteroatoms. The summed E-state index contributed by atoms with van der Waals surface area (Å²) in [5.74, 6) is -0.0637. The second-order valence-corrected chi connectivity index (χ2v) is 9.29. The summed E-state index contributed by atoms with van der Waals surface area (Å²) in [6.45, 7) is 8.85. The summed E-state index contributed by atoms with van der Waals surface area (Å²) in [5, 5.41) is 22.3. The van der Waals surface area contributed by atoms with Gasteiger partial charge in [-0.1, -0.05) is 18.2 Å². The van der Waals surface area contributed by atoms with Gasteiger partial charge in [0.2, 0.25) is 0 Å². The van der Waals surface area contributed by atoms with Crippen molar-refractivity contribution in [1.82, 2.24) is 0 Å². The van der Waals surface area contributed by atoms with Gasteiger partial charge in [0, 0.05) is 18.2 Å². The number of carboxylic acids is 1. The average molecular weight is 490 g/mol. The Balaban J connectivity index is 1.84. The van der Waals surface area contributed by atoms with Crippen LogP contribution in [0, 0.1) is 0 Å². The molecule has 2 atom stereocenters. The Hall–Kier alpha value is -3.30. The van der Waals surface area contributed by atoms with E-state index in [9.17, 15) is 19.8 Å². The third-order valence-electron chi connectivity index (χ3n) is 4.40. The van der Waals surface area contributed by atoms with E-state index in [0.29, 0.717) is 17.2 Å². The molecule has 0 saturated heterocycles. The second-order valence-electron chi connectivity index (χ2n) is 9.29. The molecule has 9 nitrogen and oxygen atoms in total. The molecule has 0 fully saturated rings. The van der Waals surface area contributed by atoms with Gasteiger partial charge in [0.15, 0.2) is 6.10 Å². The number of aliphatic carboxylic acids is 1. The van der Waals surface area contributed by atoms with Crippen LogP contribution in [0.2, 0.25) is 0 Å². The van der Waals surface area contributed by atoms with Gasteiger partial charge in [0.05, 0.1) is 6.10 Å². The smallest absolute Gasteiger partial charge is 0.412 e. The van der Waals surface area contributed by atoms with Crippen LogP contribution in [0.5, 0.6) is 11.5 Å². The maximum atomic E-state index is 11.9. The molecule has 0 saturated carbocycles. The number of amides is 1. The Labute approximate surface area is 206 Å². The fourth-order valence-electron chi connectivity index (χ4n) is 3.02. The van der Waals surface area contributed by atoms with Crippen molar-refractivity contribution in [2.75, 3.05) is 18.5 Å². The number of aliphatic hydroxyl groups excluding tert-OH is 1. The van der Waals surface area contributed by atoms with Crippen LogP contribution in [-0.4, -0.2) is 59.4 Å². The molecule has 192 valence electrons. The summed E-state index contributed by atoms with van der Waals surface area (Å²) in [7, 11) is 0. The fraction of sp³-hybridized carbons (Fsp3) is 0.462. The summed E-state index contributed by atoms with van der Waals surface area (Å²) in [6, 6.07) is 13.7. The molecule has 0 aliphatic heterocycles. The van der Waals surface area contributed by atoms with Crippen LogP contribution in [0.3, 0.4) is 0 Å². The third-order valence-corrected chi connectivity index (χ3v) is 4.40. The quantitative estimate of drug-likeness (QED) is 0.404. The van der Waals surface area contributed by atoms with E-state index in [1.165, 1.54) is 0 Å². The second kappa shape index (κ2) is 13.0.